The number of carbonyl (C=O) groups excluding carboxylic acids is 1. The number of nitrogens with zero attached hydrogens (tertiary/aromatic N) is 4. The molecule has 1 aromatic carbocycles. The lowest BCUT2D eigenvalue weighted by Gasteiger charge is -2.09. The van der Waals surface area contributed by atoms with Gasteiger partial charge in [0.05, 0.1) is 23.9 Å². The van der Waals surface area contributed by atoms with E-state index in [1.165, 1.54) is 0 Å². The van der Waals surface area contributed by atoms with Crippen molar-refractivity contribution in [2.45, 2.75) is 25.8 Å². The lowest BCUT2D eigenvalue weighted by atomic mass is 10.0. The van der Waals surface area contributed by atoms with E-state index in [1.54, 1.807) is 24.7 Å². The summed E-state index contributed by atoms with van der Waals surface area (Å²) in [5, 5.41) is 16.9. The molecule has 1 aliphatic heterocycles. The van der Waals surface area contributed by atoms with E-state index in [9.17, 15) is 4.79 Å². The predicted octanol–water partition coefficient (Wildman–Crippen LogP) is 2.50. The Hall–Kier alpha value is -3.24. The second kappa shape index (κ2) is 7.17. The molecule has 3 aromatic rings. The number of nitrogens with one attached hydrogen (secondary N) is 1. The maximum absolute atomic E-state index is 12.2. The molecular weight excluding hydrogens is 342 g/mol. The fourth-order valence-electron chi connectivity index (χ4n) is 3.53. The van der Waals surface area contributed by atoms with Crippen LogP contribution in [0.5, 0.6) is 0 Å². The minimum atomic E-state index is -0.431. The first kappa shape index (κ1) is 17.2. The third kappa shape index (κ3) is 3.27. The molecule has 0 bridgehead atoms. The van der Waals surface area contributed by atoms with E-state index in [-0.39, 0.29) is 6.04 Å². The Kier molecular flexibility index (Phi) is 4.57. The monoisotopic (exact) mass is 361 g/mol. The zero-order valence-corrected chi connectivity index (χ0v) is 15.0. The van der Waals surface area contributed by atoms with Crippen molar-refractivity contribution in [2.24, 2.45) is 0 Å². The van der Waals surface area contributed by atoms with E-state index < -0.39 is 5.91 Å². The second-order valence-corrected chi connectivity index (χ2v) is 6.70. The Morgan fingerprint density at radius 2 is 2.33 bits per heavy atom. The van der Waals surface area contributed by atoms with Crippen molar-refractivity contribution in [3.63, 3.8) is 0 Å². The first-order chi connectivity index (χ1) is 13.2. The summed E-state index contributed by atoms with van der Waals surface area (Å²) < 4.78 is 7.58. The van der Waals surface area contributed by atoms with Gasteiger partial charge in [-0.3, -0.25) is 19.8 Å². The standard InChI is InChI=1S/C20H19N5O2/c1-13-2-3-19-17(8-13)18(24-25(19)15-5-7-27-11-15)9-14-10-22-6-4-16(14)20(26)23-12-21/h2-4,6,8,10,15H,5,7,9,11H2,1H3,(H,23,26)/t15-/m0/s1. The zero-order chi connectivity index (χ0) is 18.8. The number of aromatic nitrogens is 3. The molecule has 1 aliphatic rings. The van der Waals surface area contributed by atoms with Crippen LogP contribution in [0, 0.1) is 18.4 Å². The van der Waals surface area contributed by atoms with Gasteiger partial charge in [0.2, 0.25) is 0 Å². The number of aryl methyl sites for hydroxylation is 1. The number of hydrogen-bond donors (Lipinski definition) is 1. The van der Waals surface area contributed by atoms with Crippen LogP contribution in [-0.2, 0) is 11.2 Å². The molecule has 7 nitrogen and oxygen atoms in total. The van der Waals surface area contributed by atoms with Gasteiger partial charge in [0, 0.05) is 36.4 Å². The number of hydrogen-bond acceptors (Lipinski definition) is 5. The summed E-state index contributed by atoms with van der Waals surface area (Å²) in [6, 6.07) is 8.13. The van der Waals surface area contributed by atoms with Crippen molar-refractivity contribution in [3.05, 3.63) is 59.0 Å². The van der Waals surface area contributed by atoms with E-state index >= 15 is 0 Å². The van der Waals surface area contributed by atoms with Gasteiger partial charge in [0.25, 0.3) is 5.91 Å². The van der Waals surface area contributed by atoms with E-state index in [0.29, 0.717) is 18.6 Å². The number of ether oxygens (including phenoxy) is 1. The molecule has 3 heterocycles. The SMILES string of the molecule is Cc1ccc2c(c1)c(Cc1cnccc1C(=O)NC#N)nn2[C@H]1CCOC1. The van der Waals surface area contributed by atoms with Gasteiger partial charge in [-0.25, -0.2) is 0 Å². The van der Waals surface area contributed by atoms with Crippen LogP contribution in [0.1, 0.15) is 39.6 Å². The molecule has 0 saturated carbocycles. The van der Waals surface area contributed by atoms with E-state index in [0.717, 1.165) is 40.8 Å². The third-order valence-corrected chi connectivity index (χ3v) is 4.87. The maximum atomic E-state index is 12.2. The molecule has 0 radical (unpaired) electrons. The first-order valence-corrected chi connectivity index (χ1v) is 8.85. The van der Waals surface area contributed by atoms with E-state index in [2.05, 4.69) is 35.4 Å². The van der Waals surface area contributed by atoms with Gasteiger partial charge < -0.3 is 4.74 Å². The molecule has 7 heteroatoms. The average molecular weight is 361 g/mol. The molecule has 0 aliphatic carbocycles. The number of benzene rings is 1. The molecule has 1 fully saturated rings. The number of fused-ring (bicyclic) bond motifs is 1. The molecule has 27 heavy (non-hydrogen) atoms. The summed E-state index contributed by atoms with van der Waals surface area (Å²) in [6.07, 6.45) is 6.29. The van der Waals surface area contributed by atoms with E-state index in [1.807, 2.05) is 4.68 Å². The van der Waals surface area contributed by atoms with Gasteiger partial charge >= 0.3 is 0 Å². The highest BCUT2D eigenvalue weighted by molar-refractivity contribution is 5.96. The highest BCUT2D eigenvalue weighted by Crippen LogP contribution is 2.28. The zero-order valence-electron chi connectivity index (χ0n) is 15.0. The van der Waals surface area contributed by atoms with Crippen molar-refractivity contribution in [2.75, 3.05) is 13.2 Å². The summed E-state index contributed by atoms with van der Waals surface area (Å²) in [5.41, 5.74) is 4.28. The highest BCUT2D eigenvalue weighted by atomic mass is 16.5. The van der Waals surface area contributed by atoms with Crippen LogP contribution < -0.4 is 5.32 Å². The Bertz CT molecular complexity index is 1040. The molecule has 1 atom stereocenters. The second-order valence-electron chi connectivity index (χ2n) is 6.70. The molecule has 2 aromatic heterocycles. The summed E-state index contributed by atoms with van der Waals surface area (Å²) in [6.45, 7) is 3.45. The number of amides is 1. The van der Waals surface area contributed by atoms with Gasteiger partial charge in [-0.15, -0.1) is 0 Å². The Morgan fingerprint density at radius 3 is 3.11 bits per heavy atom. The van der Waals surface area contributed by atoms with Crippen molar-refractivity contribution in [1.29, 1.82) is 5.26 Å². The maximum Gasteiger partial charge on any atom is 0.264 e. The number of nitriles is 1. The Balaban J connectivity index is 1.78. The van der Waals surface area contributed by atoms with Crippen LogP contribution in [-0.4, -0.2) is 33.9 Å². The van der Waals surface area contributed by atoms with Crippen molar-refractivity contribution < 1.29 is 9.53 Å². The number of carbonyl (C=O) groups is 1. The highest BCUT2D eigenvalue weighted by Gasteiger charge is 2.23. The molecule has 0 spiro atoms. The molecular formula is C20H19N5O2. The largest absolute Gasteiger partial charge is 0.379 e. The minimum absolute atomic E-state index is 0.221. The summed E-state index contributed by atoms with van der Waals surface area (Å²) in [4.78, 5) is 16.3. The third-order valence-electron chi connectivity index (χ3n) is 4.87. The quantitative estimate of drug-likeness (QED) is 0.569. The molecule has 0 unspecified atom stereocenters. The average Bonchev–Trinajstić information content (AvgIpc) is 3.31. The smallest absolute Gasteiger partial charge is 0.264 e. The van der Waals surface area contributed by atoms with Crippen molar-refractivity contribution in [1.82, 2.24) is 20.1 Å². The van der Waals surface area contributed by atoms with Crippen LogP contribution >= 0.6 is 0 Å². The normalized spacial score (nSPS) is 16.4. The van der Waals surface area contributed by atoms with Crippen LogP contribution in [0.15, 0.2) is 36.7 Å². The molecule has 1 amide bonds. The van der Waals surface area contributed by atoms with Gasteiger partial charge in [-0.1, -0.05) is 11.6 Å². The van der Waals surface area contributed by atoms with Crippen molar-refractivity contribution >= 4 is 16.8 Å². The summed E-state index contributed by atoms with van der Waals surface area (Å²) in [5.74, 6) is -0.431. The molecule has 1 saturated heterocycles. The Labute approximate surface area is 156 Å². The van der Waals surface area contributed by atoms with Gasteiger partial charge in [0.1, 0.15) is 0 Å². The lowest BCUT2D eigenvalue weighted by molar-refractivity contribution is 0.0972. The number of pyridine rings is 1. The lowest BCUT2D eigenvalue weighted by Crippen LogP contribution is -2.19. The Morgan fingerprint density at radius 1 is 1.44 bits per heavy atom. The van der Waals surface area contributed by atoms with Gasteiger partial charge in [-0.05, 0) is 37.1 Å². The topological polar surface area (TPSA) is 92.8 Å². The molecule has 1 N–H and O–H groups in total. The molecule has 4 rings (SSSR count). The van der Waals surface area contributed by atoms with Crippen LogP contribution in [0.2, 0.25) is 0 Å². The predicted molar refractivity (Wildman–Crippen MR) is 99.1 cm³/mol. The van der Waals surface area contributed by atoms with Crippen LogP contribution in [0.3, 0.4) is 0 Å². The first-order valence-electron chi connectivity index (χ1n) is 8.85. The van der Waals surface area contributed by atoms with Gasteiger partial charge in [-0.2, -0.15) is 10.4 Å². The summed E-state index contributed by atoms with van der Waals surface area (Å²) in [7, 11) is 0. The van der Waals surface area contributed by atoms with Crippen molar-refractivity contribution in [3.8, 4) is 6.19 Å². The number of rotatable bonds is 4. The summed E-state index contributed by atoms with van der Waals surface area (Å²) >= 11 is 0. The molecule has 136 valence electrons. The minimum Gasteiger partial charge on any atom is -0.379 e. The van der Waals surface area contributed by atoms with E-state index in [4.69, 9.17) is 15.1 Å². The van der Waals surface area contributed by atoms with Crippen LogP contribution in [0.25, 0.3) is 10.9 Å². The fraction of sp³-hybridized carbons (Fsp3) is 0.300. The fourth-order valence-corrected chi connectivity index (χ4v) is 3.53. The van der Waals surface area contributed by atoms with Crippen LogP contribution in [0.4, 0.5) is 0 Å². The van der Waals surface area contributed by atoms with Gasteiger partial charge in [0.15, 0.2) is 6.19 Å².